The number of carbonyl (C=O) groups excluding carboxylic acids is 2. The average molecular weight is 428 g/mol. The molecule has 0 radical (unpaired) electrons. The van der Waals surface area contributed by atoms with E-state index in [4.69, 9.17) is 11.6 Å². The zero-order valence-corrected chi connectivity index (χ0v) is 17.5. The van der Waals surface area contributed by atoms with Crippen LogP contribution in [0.3, 0.4) is 0 Å². The Kier molecular flexibility index (Phi) is 6.50. The number of amides is 3. The first-order valence-corrected chi connectivity index (χ1v) is 10.8. The maximum Gasteiger partial charge on any atom is 0.319 e. The van der Waals surface area contributed by atoms with Crippen molar-refractivity contribution in [3.05, 3.63) is 53.2 Å². The van der Waals surface area contributed by atoms with Crippen LogP contribution in [0.4, 0.5) is 16.3 Å². The molecule has 8 heteroatoms. The molecule has 3 N–H and O–H groups in total. The van der Waals surface area contributed by atoms with Crippen LogP contribution >= 0.6 is 11.6 Å². The molecule has 158 valence electrons. The summed E-state index contributed by atoms with van der Waals surface area (Å²) in [5.41, 5.74) is 0.987. The van der Waals surface area contributed by atoms with Crippen LogP contribution in [0.15, 0.2) is 42.6 Å². The van der Waals surface area contributed by atoms with Gasteiger partial charge in [0.15, 0.2) is 0 Å². The van der Waals surface area contributed by atoms with E-state index in [-0.39, 0.29) is 11.9 Å². The summed E-state index contributed by atoms with van der Waals surface area (Å²) in [6.45, 7) is 1.78. The highest BCUT2D eigenvalue weighted by Gasteiger charge is 2.35. The van der Waals surface area contributed by atoms with E-state index in [1.807, 2.05) is 0 Å². The smallest absolute Gasteiger partial charge is 0.319 e. The molecule has 2 heterocycles. The van der Waals surface area contributed by atoms with Crippen molar-refractivity contribution in [3.8, 4) is 0 Å². The lowest BCUT2D eigenvalue weighted by molar-refractivity contribution is 0.0456. The van der Waals surface area contributed by atoms with Crippen molar-refractivity contribution in [2.75, 3.05) is 23.7 Å². The molecule has 2 fully saturated rings. The highest BCUT2D eigenvalue weighted by atomic mass is 35.5. The van der Waals surface area contributed by atoms with E-state index in [0.717, 1.165) is 13.0 Å². The third-order valence-electron chi connectivity index (χ3n) is 5.83. The highest BCUT2D eigenvalue weighted by molar-refractivity contribution is 6.30. The molecule has 2 aromatic rings. The van der Waals surface area contributed by atoms with E-state index in [1.165, 1.54) is 31.9 Å². The first kappa shape index (κ1) is 20.6. The van der Waals surface area contributed by atoms with Crippen molar-refractivity contribution in [3.63, 3.8) is 0 Å². The van der Waals surface area contributed by atoms with Crippen molar-refractivity contribution in [2.45, 2.75) is 44.2 Å². The number of nitrogens with one attached hydrogen (secondary N) is 3. The number of aromatic nitrogens is 1. The molecule has 1 aliphatic carbocycles. The van der Waals surface area contributed by atoms with Crippen molar-refractivity contribution in [1.29, 1.82) is 0 Å². The van der Waals surface area contributed by atoms with Crippen LogP contribution in [0.25, 0.3) is 0 Å². The van der Waals surface area contributed by atoms with Gasteiger partial charge in [-0.15, -0.1) is 0 Å². The summed E-state index contributed by atoms with van der Waals surface area (Å²) >= 11 is 5.81. The summed E-state index contributed by atoms with van der Waals surface area (Å²) < 4.78 is 0. The van der Waals surface area contributed by atoms with Crippen LogP contribution in [0.5, 0.6) is 0 Å². The predicted molar refractivity (Wildman–Crippen MR) is 118 cm³/mol. The predicted octanol–water partition coefficient (Wildman–Crippen LogP) is 4.13. The molecule has 1 aliphatic heterocycles. The minimum atomic E-state index is -0.310. The van der Waals surface area contributed by atoms with Gasteiger partial charge in [0.1, 0.15) is 5.82 Å². The SMILES string of the molecule is O=C(NCC1CCN1C1CCCC1)Nc1cccc(C(=O)Nc2ccc(Cl)cn2)c1. The van der Waals surface area contributed by atoms with E-state index in [9.17, 15) is 9.59 Å². The molecule has 1 unspecified atom stereocenters. The van der Waals surface area contributed by atoms with E-state index in [2.05, 4.69) is 25.8 Å². The number of urea groups is 1. The van der Waals surface area contributed by atoms with Crippen molar-refractivity contribution < 1.29 is 9.59 Å². The van der Waals surface area contributed by atoms with Crippen LogP contribution in [0, 0.1) is 0 Å². The maximum atomic E-state index is 12.4. The van der Waals surface area contributed by atoms with Gasteiger partial charge in [0.05, 0.1) is 5.02 Å². The Morgan fingerprint density at radius 1 is 1.10 bits per heavy atom. The Morgan fingerprint density at radius 3 is 2.63 bits per heavy atom. The van der Waals surface area contributed by atoms with Gasteiger partial charge in [-0.1, -0.05) is 30.5 Å². The van der Waals surface area contributed by atoms with Gasteiger partial charge in [-0.05, 0) is 49.6 Å². The number of hydrogen-bond acceptors (Lipinski definition) is 4. The second kappa shape index (κ2) is 9.45. The number of nitrogens with zero attached hydrogens (tertiary/aromatic N) is 2. The minimum absolute atomic E-state index is 0.259. The Morgan fingerprint density at radius 2 is 1.93 bits per heavy atom. The van der Waals surface area contributed by atoms with Gasteiger partial charge in [0, 0.05) is 42.6 Å². The lowest BCUT2D eigenvalue weighted by Gasteiger charge is -2.45. The Labute approximate surface area is 181 Å². The van der Waals surface area contributed by atoms with Gasteiger partial charge in [0.2, 0.25) is 0 Å². The van der Waals surface area contributed by atoms with Crippen LogP contribution in [0.2, 0.25) is 5.02 Å². The molecule has 1 aromatic heterocycles. The minimum Gasteiger partial charge on any atom is -0.336 e. The number of halogens is 1. The molecule has 0 spiro atoms. The third kappa shape index (κ3) is 5.09. The molecule has 1 saturated carbocycles. The van der Waals surface area contributed by atoms with Crippen LogP contribution in [-0.2, 0) is 0 Å². The maximum absolute atomic E-state index is 12.4. The van der Waals surface area contributed by atoms with Crippen molar-refractivity contribution >= 4 is 35.0 Å². The van der Waals surface area contributed by atoms with Gasteiger partial charge in [-0.3, -0.25) is 9.69 Å². The fourth-order valence-corrected chi connectivity index (χ4v) is 4.27. The largest absolute Gasteiger partial charge is 0.336 e. The average Bonchev–Trinajstić information content (AvgIpc) is 3.23. The Hall–Kier alpha value is -2.64. The van der Waals surface area contributed by atoms with Crippen LogP contribution in [-0.4, -0.2) is 47.0 Å². The molecular weight excluding hydrogens is 402 g/mol. The molecule has 2 aliphatic rings. The number of benzene rings is 1. The summed E-state index contributed by atoms with van der Waals surface area (Å²) in [7, 11) is 0. The molecule has 1 saturated heterocycles. The topological polar surface area (TPSA) is 86.4 Å². The van der Waals surface area contributed by atoms with E-state index in [0.29, 0.717) is 40.7 Å². The molecule has 4 rings (SSSR count). The number of carbonyl (C=O) groups is 2. The summed E-state index contributed by atoms with van der Waals surface area (Å²) in [6, 6.07) is 11.0. The zero-order valence-electron chi connectivity index (χ0n) is 16.7. The summed E-state index contributed by atoms with van der Waals surface area (Å²) in [5.74, 6) is 0.100. The summed E-state index contributed by atoms with van der Waals surface area (Å²) in [4.78, 5) is 31.4. The third-order valence-corrected chi connectivity index (χ3v) is 6.06. The highest BCUT2D eigenvalue weighted by Crippen LogP contribution is 2.30. The number of hydrogen-bond donors (Lipinski definition) is 3. The first-order chi connectivity index (χ1) is 14.6. The zero-order chi connectivity index (χ0) is 20.9. The van der Waals surface area contributed by atoms with E-state index in [1.54, 1.807) is 36.4 Å². The molecule has 0 bridgehead atoms. The quantitative estimate of drug-likeness (QED) is 0.647. The molecule has 1 atom stereocenters. The van der Waals surface area contributed by atoms with Gasteiger partial charge < -0.3 is 16.0 Å². The van der Waals surface area contributed by atoms with Gasteiger partial charge >= 0.3 is 6.03 Å². The van der Waals surface area contributed by atoms with Gasteiger partial charge in [0.25, 0.3) is 5.91 Å². The number of likely N-dealkylation sites (tertiary alicyclic amines) is 1. The second-order valence-electron chi connectivity index (χ2n) is 7.85. The van der Waals surface area contributed by atoms with Gasteiger partial charge in [-0.25, -0.2) is 9.78 Å². The molecular formula is C22H26ClN5O2. The lowest BCUT2D eigenvalue weighted by atomic mass is 9.99. The number of anilines is 2. The Balaban J connectivity index is 1.27. The molecule has 7 nitrogen and oxygen atoms in total. The standard InChI is InChI=1S/C22H26ClN5O2/c23-16-8-9-20(24-13-16)27-21(29)15-4-3-5-17(12-15)26-22(30)25-14-19-10-11-28(19)18-6-1-2-7-18/h3-5,8-9,12-13,18-19H,1-2,6-7,10-11,14H2,(H,24,27,29)(H2,25,26,30). The summed E-state index contributed by atoms with van der Waals surface area (Å²) in [5, 5.41) is 8.99. The second-order valence-corrected chi connectivity index (χ2v) is 8.29. The Bertz CT molecular complexity index is 899. The van der Waals surface area contributed by atoms with Gasteiger partial charge in [-0.2, -0.15) is 0 Å². The fraction of sp³-hybridized carbons (Fsp3) is 0.409. The van der Waals surface area contributed by atoms with Crippen LogP contribution in [0.1, 0.15) is 42.5 Å². The molecule has 30 heavy (non-hydrogen) atoms. The van der Waals surface area contributed by atoms with Crippen LogP contribution < -0.4 is 16.0 Å². The fourth-order valence-electron chi connectivity index (χ4n) is 4.16. The first-order valence-electron chi connectivity index (χ1n) is 10.4. The molecule has 1 aromatic carbocycles. The van der Waals surface area contributed by atoms with E-state index >= 15 is 0 Å². The lowest BCUT2D eigenvalue weighted by Crippen LogP contribution is -2.57. The summed E-state index contributed by atoms with van der Waals surface area (Å²) in [6.07, 6.45) is 7.80. The van der Waals surface area contributed by atoms with Crippen molar-refractivity contribution in [2.24, 2.45) is 0 Å². The number of pyridine rings is 1. The number of rotatable bonds is 6. The molecule has 3 amide bonds. The monoisotopic (exact) mass is 427 g/mol. The van der Waals surface area contributed by atoms with E-state index < -0.39 is 0 Å². The van der Waals surface area contributed by atoms with Crippen molar-refractivity contribution in [1.82, 2.24) is 15.2 Å². The normalized spacial score (nSPS) is 19.2.